The molecule has 1 unspecified atom stereocenters. The van der Waals surface area contributed by atoms with Crippen molar-refractivity contribution >= 4 is 11.6 Å². The number of aromatic nitrogens is 2. The van der Waals surface area contributed by atoms with E-state index >= 15 is 0 Å². The first-order chi connectivity index (χ1) is 7.62. The highest BCUT2D eigenvalue weighted by molar-refractivity contribution is 6.31. The van der Waals surface area contributed by atoms with Crippen LogP contribution in [-0.2, 0) is 12.1 Å². The number of hydrogen-bond donors (Lipinski definition) is 1. The van der Waals surface area contributed by atoms with Crippen LogP contribution in [0.3, 0.4) is 0 Å². The number of hydrogen-bond acceptors (Lipinski definition) is 2. The van der Waals surface area contributed by atoms with Gasteiger partial charge in [-0.05, 0) is 32.2 Å². The molecule has 0 saturated carbocycles. The van der Waals surface area contributed by atoms with Gasteiger partial charge in [0.1, 0.15) is 0 Å². The highest BCUT2D eigenvalue weighted by Gasteiger charge is 2.42. The zero-order valence-corrected chi connectivity index (χ0v) is 11.0. The quantitative estimate of drug-likeness (QED) is 0.882. The highest BCUT2D eigenvalue weighted by Crippen LogP contribution is 2.40. The van der Waals surface area contributed by atoms with Gasteiger partial charge in [0, 0.05) is 6.54 Å². The molecule has 1 saturated heterocycles. The van der Waals surface area contributed by atoms with E-state index in [9.17, 15) is 0 Å². The van der Waals surface area contributed by atoms with E-state index in [0.29, 0.717) is 5.92 Å². The monoisotopic (exact) mass is 241 g/mol. The van der Waals surface area contributed by atoms with E-state index in [-0.39, 0.29) is 5.54 Å². The van der Waals surface area contributed by atoms with Gasteiger partial charge in [0.05, 0.1) is 22.5 Å². The first-order valence-corrected chi connectivity index (χ1v) is 6.46. The third-order valence-corrected chi connectivity index (χ3v) is 3.97. The Balaban J connectivity index is 2.50. The number of aryl methyl sites for hydroxylation is 1. The molecule has 0 bridgehead atoms. The molecule has 0 radical (unpaired) electrons. The Kier molecular flexibility index (Phi) is 3.27. The van der Waals surface area contributed by atoms with Crippen molar-refractivity contribution in [2.75, 3.05) is 6.54 Å². The van der Waals surface area contributed by atoms with Crippen LogP contribution in [0.15, 0.2) is 6.20 Å². The third-order valence-electron chi connectivity index (χ3n) is 3.69. The molecule has 2 heterocycles. The number of nitrogens with one attached hydrogen (secondary N) is 1. The minimum absolute atomic E-state index is 0.0175. The van der Waals surface area contributed by atoms with Crippen molar-refractivity contribution < 1.29 is 0 Å². The molecule has 90 valence electrons. The van der Waals surface area contributed by atoms with Crippen LogP contribution in [0.5, 0.6) is 0 Å². The van der Waals surface area contributed by atoms with Crippen LogP contribution >= 0.6 is 11.6 Å². The van der Waals surface area contributed by atoms with E-state index in [1.165, 1.54) is 12.1 Å². The molecule has 1 aromatic heterocycles. The SMILES string of the molecule is CCn1ncc(Cl)c1C1(C(C)C)CCCN1. The van der Waals surface area contributed by atoms with Crippen molar-refractivity contribution in [2.24, 2.45) is 5.92 Å². The largest absolute Gasteiger partial charge is 0.306 e. The third kappa shape index (κ3) is 1.66. The van der Waals surface area contributed by atoms with Gasteiger partial charge in [-0.3, -0.25) is 4.68 Å². The summed E-state index contributed by atoms with van der Waals surface area (Å²) in [6, 6.07) is 0. The van der Waals surface area contributed by atoms with Crippen molar-refractivity contribution in [1.29, 1.82) is 0 Å². The van der Waals surface area contributed by atoms with Gasteiger partial charge in [-0.25, -0.2) is 0 Å². The van der Waals surface area contributed by atoms with Gasteiger partial charge < -0.3 is 5.32 Å². The van der Waals surface area contributed by atoms with E-state index in [0.717, 1.165) is 24.5 Å². The van der Waals surface area contributed by atoms with Crippen LogP contribution in [0.2, 0.25) is 5.02 Å². The lowest BCUT2D eigenvalue weighted by Gasteiger charge is -2.34. The Labute approximate surface area is 102 Å². The molecule has 1 N–H and O–H groups in total. The summed E-state index contributed by atoms with van der Waals surface area (Å²) in [5.74, 6) is 0.523. The predicted molar refractivity (Wildman–Crippen MR) is 66.7 cm³/mol. The summed E-state index contributed by atoms with van der Waals surface area (Å²) in [5, 5.41) is 8.79. The molecular formula is C12H20ClN3. The van der Waals surface area contributed by atoms with E-state index < -0.39 is 0 Å². The lowest BCUT2D eigenvalue weighted by molar-refractivity contribution is 0.256. The van der Waals surface area contributed by atoms with Crippen molar-refractivity contribution in [1.82, 2.24) is 15.1 Å². The molecule has 0 aromatic carbocycles. The fourth-order valence-corrected chi connectivity index (χ4v) is 3.09. The number of nitrogens with zero attached hydrogens (tertiary/aromatic N) is 2. The lowest BCUT2D eigenvalue weighted by atomic mass is 9.82. The van der Waals surface area contributed by atoms with Crippen LogP contribution in [0.4, 0.5) is 0 Å². The first kappa shape index (κ1) is 11.9. The summed E-state index contributed by atoms with van der Waals surface area (Å²) in [7, 11) is 0. The molecule has 0 aliphatic carbocycles. The fraction of sp³-hybridized carbons (Fsp3) is 0.750. The topological polar surface area (TPSA) is 29.9 Å². The van der Waals surface area contributed by atoms with Crippen LogP contribution in [0.25, 0.3) is 0 Å². The molecular weight excluding hydrogens is 222 g/mol. The van der Waals surface area contributed by atoms with Gasteiger partial charge >= 0.3 is 0 Å². The maximum atomic E-state index is 6.31. The minimum atomic E-state index is 0.0175. The predicted octanol–water partition coefficient (Wildman–Crippen LogP) is 2.79. The van der Waals surface area contributed by atoms with Gasteiger partial charge in [0.2, 0.25) is 0 Å². The molecule has 16 heavy (non-hydrogen) atoms. The summed E-state index contributed by atoms with van der Waals surface area (Å²) >= 11 is 6.31. The Hall–Kier alpha value is -0.540. The average molecular weight is 242 g/mol. The molecule has 0 amide bonds. The smallest absolute Gasteiger partial charge is 0.0837 e. The van der Waals surface area contributed by atoms with Gasteiger partial charge in [-0.2, -0.15) is 5.10 Å². The van der Waals surface area contributed by atoms with Crippen molar-refractivity contribution in [3.63, 3.8) is 0 Å². The van der Waals surface area contributed by atoms with Crippen molar-refractivity contribution in [3.8, 4) is 0 Å². The van der Waals surface area contributed by atoms with Gasteiger partial charge in [0.25, 0.3) is 0 Å². The van der Waals surface area contributed by atoms with E-state index in [2.05, 4.69) is 31.2 Å². The molecule has 4 heteroatoms. The summed E-state index contributed by atoms with van der Waals surface area (Å²) < 4.78 is 2.03. The van der Waals surface area contributed by atoms with Crippen LogP contribution in [0, 0.1) is 5.92 Å². The second kappa shape index (κ2) is 4.38. The maximum Gasteiger partial charge on any atom is 0.0837 e. The molecule has 2 rings (SSSR count). The summed E-state index contributed by atoms with van der Waals surface area (Å²) in [6.07, 6.45) is 4.13. The second-order valence-corrected chi connectivity index (χ2v) is 5.22. The van der Waals surface area contributed by atoms with E-state index in [1.807, 2.05) is 4.68 Å². The standard InChI is InChI=1S/C12H20ClN3/c1-4-16-11(10(13)8-15-16)12(9(2)3)6-5-7-14-12/h8-9,14H,4-7H2,1-3H3. The van der Waals surface area contributed by atoms with E-state index in [1.54, 1.807) is 6.20 Å². The molecule has 1 atom stereocenters. The van der Waals surface area contributed by atoms with Crippen LogP contribution < -0.4 is 5.32 Å². The summed E-state index contributed by atoms with van der Waals surface area (Å²) in [5.41, 5.74) is 1.19. The van der Waals surface area contributed by atoms with Crippen molar-refractivity contribution in [3.05, 3.63) is 16.9 Å². The van der Waals surface area contributed by atoms with Crippen LogP contribution in [-0.4, -0.2) is 16.3 Å². The van der Waals surface area contributed by atoms with Crippen LogP contribution in [0.1, 0.15) is 39.3 Å². The fourth-order valence-electron chi connectivity index (χ4n) is 2.78. The van der Waals surface area contributed by atoms with Gasteiger partial charge in [-0.15, -0.1) is 0 Å². The number of rotatable bonds is 3. The minimum Gasteiger partial charge on any atom is -0.306 e. The Morgan fingerprint density at radius 1 is 1.62 bits per heavy atom. The van der Waals surface area contributed by atoms with E-state index in [4.69, 9.17) is 11.6 Å². The Morgan fingerprint density at radius 2 is 2.38 bits per heavy atom. The number of halogens is 1. The molecule has 1 aliphatic heterocycles. The van der Waals surface area contributed by atoms with Gasteiger partial charge in [0.15, 0.2) is 0 Å². The average Bonchev–Trinajstić information content (AvgIpc) is 2.84. The maximum absolute atomic E-state index is 6.31. The molecule has 0 spiro atoms. The molecule has 3 nitrogen and oxygen atoms in total. The normalized spacial score (nSPS) is 25.6. The molecule has 1 aromatic rings. The Morgan fingerprint density at radius 3 is 2.88 bits per heavy atom. The second-order valence-electron chi connectivity index (χ2n) is 4.81. The zero-order valence-electron chi connectivity index (χ0n) is 10.3. The van der Waals surface area contributed by atoms with Gasteiger partial charge in [-0.1, -0.05) is 25.4 Å². The van der Waals surface area contributed by atoms with Crippen molar-refractivity contribution in [2.45, 2.75) is 45.7 Å². The lowest BCUT2D eigenvalue weighted by Crippen LogP contribution is -2.43. The summed E-state index contributed by atoms with van der Waals surface area (Å²) in [6.45, 7) is 8.56. The first-order valence-electron chi connectivity index (χ1n) is 6.08. The highest BCUT2D eigenvalue weighted by atomic mass is 35.5. The Bertz CT molecular complexity index is 364. The molecule has 1 aliphatic rings. The zero-order chi connectivity index (χ0) is 11.8. The molecule has 1 fully saturated rings. The summed E-state index contributed by atoms with van der Waals surface area (Å²) in [4.78, 5) is 0.